The molecular formula is C12H9NO2. The van der Waals surface area contributed by atoms with Crippen LogP contribution < -0.4 is 0 Å². The van der Waals surface area contributed by atoms with Crippen molar-refractivity contribution < 1.29 is 9.21 Å². The van der Waals surface area contributed by atoms with Gasteiger partial charge in [-0.15, -0.1) is 0 Å². The van der Waals surface area contributed by atoms with Gasteiger partial charge in [0.1, 0.15) is 0 Å². The predicted octanol–water partition coefficient (Wildman–Crippen LogP) is 2.86. The molecular weight excluding hydrogens is 190 g/mol. The fourth-order valence-corrected chi connectivity index (χ4v) is 1.13. The number of Topliss-reactive ketones (excluding diaryl/α,β-unsaturated/α-hetero) is 1. The highest BCUT2D eigenvalue weighted by Gasteiger charge is 2.03. The van der Waals surface area contributed by atoms with Gasteiger partial charge in [-0.25, -0.2) is 0 Å². The Balaban J connectivity index is 2.10. The van der Waals surface area contributed by atoms with Crippen molar-refractivity contribution in [1.29, 1.82) is 0 Å². The molecule has 0 aliphatic rings. The fourth-order valence-electron chi connectivity index (χ4n) is 1.13. The second-order valence-corrected chi connectivity index (χ2v) is 2.94. The number of benzene rings is 1. The summed E-state index contributed by atoms with van der Waals surface area (Å²) in [5.74, 6) is 0.0681. The minimum atomic E-state index is -0.233. The molecule has 0 radical (unpaired) electrons. The van der Waals surface area contributed by atoms with Gasteiger partial charge in [0, 0.05) is 0 Å². The molecule has 0 bridgehead atoms. The maximum absolute atomic E-state index is 11.4. The van der Waals surface area contributed by atoms with E-state index in [2.05, 4.69) is 4.99 Å². The van der Waals surface area contributed by atoms with Crippen molar-refractivity contribution in [2.24, 2.45) is 4.99 Å². The van der Waals surface area contributed by atoms with E-state index < -0.39 is 0 Å². The summed E-state index contributed by atoms with van der Waals surface area (Å²) in [4.78, 5) is 15.5. The molecule has 2 rings (SSSR count). The summed E-state index contributed by atoms with van der Waals surface area (Å²) in [7, 11) is 0. The lowest BCUT2D eigenvalue weighted by Gasteiger charge is -1.90. The minimum Gasteiger partial charge on any atom is -0.461 e. The van der Waals surface area contributed by atoms with Crippen LogP contribution in [0.2, 0.25) is 0 Å². The number of carbonyl (C=O) groups excluding carboxylic acids is 1. The van der Waals surface area contributed by atoms with E-state index in [0.29, 0.717) is 5.76 Å². The van der Waals surface area contributed by atoms with Gasteiger partial charge in [0.15, 0.2) is 5.76 Å². The van der Waals surface area contributed by atoms with Gasteiger partial charge in [-0.3, -0.25) is 9.79 Å². The van der Waals surface area contributed by atoms with Crippen LogP contribution in [0.1, 0.15) is 10.6 Å². The molecule has 1 heterocycles. The second-order valence-electron chi connectivity index (χ2n) is 2.94. The number of ketones is 1. The van der Waals surface area contributed by atoms with Crippen LogP contribution in [0.3, 0.4) is 0 Å². The van der Waals surface area contributed by atoms with Crippen LogP contribution in [0.15, 0.2) is 58.1 Å². The van der Waals surface area contributed by atoms with Gasteiger partial charge in [-0.05, 0) is 24.3 Å². The molecule has 0 saturated heterocycles. The normalized spacial score (nSPS) is 10.7. The molecule has 0 aliphatic carbocycles. The second kappa shape index (κ2) is 4.37. The number of carbonyl (C=O) groups is 1. The molecule has 1 aromatic carbocycles. The van der Waals surface area contributed by atoms with Crippen LogP contribution in [0.25, 0.3) is 0 Å². The van der Waals surface area contributed by atoms with E-state index in [1.54, 1.807) is 12.1 Å². The summed E-state index contributed by atoms with van der Waals surface area (Å²) >= 11 is 0. The molecule has 0 N–H and O–H groups in total. The van der Waals surface area contributed by atoms with Crippen molar-refractivity contribution >= 4 is 17.7 Å². The quantitative estimate of drug-likeness (QED) is 0.563. The van der Waals surface area contributed by atoms with E-state index >= 15 is 0 Å². The number of aliphatic imine (C=N–C) groups is 1. The van der Waals surface area contributed by atoms with E-state index in [-0.39, 0.29) is 5.78 Å². The maximum Gasteiger partial charge on any atom is 0.239 e. The average Bonchev–Trinajstić information content (AvgIpc) is 2.81. The van der Waals surface area contributed by atoms with Gasteiger partial charge in [-0.1, -0.05) is 18.2 Å². The number of rotatable bonds is 3. The lowest BCUT2D eigenvalue weighted by Crippen LogP contribution is -1.97. The third-order valence-corrected chi connectivity index (χ3v) is 1.85. The molecule has 0 aliphatic heterocycles. The summed E-state index contributed by atoms with van der Waals surface area (Å²) < 4.78 is 4.94. The van der Waals surface area contributed by atoms with Crippen molar-refractivity contribution in [3.05, 3.63) is 54.5 Å². The van der Waals surface area contributed by atoms with Crippen LogP contribution in [-0.2, 0) is 0 Å². The third-order valence-electron chi connectivity index (χ3n) is 1.85. The van der Waals surface area contributed by atoms with E-state index in [1.165, 1.54) is 12.5 Å². The average molecular weight is 199 g/mol. The van der Waals surface area contributed by atoms with Gasteiger partial charge >= 0.3 is 0 Å². The highest BCUT2D eigenvalue weighted by Crippen LogP contribution is 2.09. The Labute approximate surface area is 87.1 Å². The van der Waals surface area contributed by atoms with Crippen molar-refractivity contribution in [1.82, 2.24) is 0 Å². The summed E-state index contributed by atoms with van der Waals surface area (Å²) in [5, 5.41) is 0. The Morgan fingerprint density at radius 3 is 2.60 bits per heavy atom. The first-order valence-corrected chi connectivity index (χ1v) is 4.53. The predicted molar refractivity (Wildman–Crippen MR) is 57.6 cm³/mol. The van der Waals surface area contributed by atoms with Gasteiger partial charge in [0.2, 0.25) is 5.78 Å². The Kier molecular flexibility index (Phi) is 2.74. The van der Waals surface area contributed by atoms with Crippen LogP contribution in [0, 0.1) is 0 Å². The first-order valence-electron chi connectivity index (χ1n) is 4.53. The van der Waals surface area contributed by atoms with Crippen LogP contribution in [0.4, 0.5) is 5.69 Å². The number of hydrogen-bond donors (Lipinski definition) is 0. The van der Waals surface area contributed by atoms with Gasteiger partial charge in [-0.2, -0.15) is 0 Å². The molecule has 0 atom stereocenters. The maximum atomic E-state index is 11.4. The summed E-state index contributed by atoms with van der Waals surface area (Å²) in [6, 6.07) is 12.6. The fraction of sp³-hybridized carbons (Fsp3) is 0. The summed E-state index contributed by atoms with van der Waals surface area (Å²) in [6.45, 7) is 0. The van der Waals surface area contributed by atoms with Crippen LogP contribution in [-0.4, -0.2) is 12.0 Å². The van der Waals surface area contributed by atoms with Crippen molar-refractivity contribution in [2.45, 2.75) is 0 Å². The van der Waals surface area contributed by atoms with E-state index in [1.807, 2.05) is 30.3 Å². The Morgan fingerprint density at radius 2 is 1.93 bits per heavy atom. The largest absolute Gasteiger partial charge is 0.461 e. The van der Waals surface area contributed by atoms with E-state index in [0.717, 1.165) is 5.69 Å². The van der Waals surface area contributed by atoms with E-state index in [4.69, 9.17) is 4.42 Å². The molecule has 1 aromatic heterocycles. The van der Waals surface area contributed by atoms with Crippen molar-refractivity contribution in [3.8, 4) is 0 Å². The van der Waals surface area contributed by atoms with Crippen molar-refractivity contribution in [2.75, 3.05) is 0 Å². The van der Waals surface area contributed by atoms with Crippen LogP contribution in [0.5, 0.6) is 0 Å². The minimum absolute atomic E-state index is 0.233. The molecule has 15 heavy (non-hydrogen) atoms. The third kappa shape index (κ3) is 2.40. The lowest BCUT2D eigenvalue weighted by molar-refractivity contribution is 0.104. The molecule has 0 spiro atoms. The zero-order valence-electron chi connectivity index (χ0n) is 7.96. The number of para-hydroxylation sites is 1. The molecule has 0 amide bonds. The van der Waals surface area contributed by atoms with Gasteiger partial charge < -0.3 is 4.42 Å². The SMILES string of the molecule is O=C(C=Nc1ccccc1)c1ccco1. The highest BCUT2D eigenvalue weighted by atomic mass is 16.3. The number of nitrogens with zero attached hydrogens (tertiary/aromatic N) is 1. The van der Waals surface area contributed by atoms with E-state index in [9.17, 15) is 4.79 Å². The molecule has 0 unspecified atom stereocenters. The Morgan fingerprint density at radius 1 is 1.13 bits per heavy atom. The molecule has 0 fully saturated rings. The smallest absolute Gasteiger partial charge is 0.239 e. The first kappa shape index (κ1) is 9.40. The van der Waals surface area contributed by atoms with Crippen molar-refractivity contribution in [3.63, 3.8) is 0 Å². The standard InChI is InChI=1S/C12H9NO2/c14-11(12-7-4-8-15-12)9-13-10-5-2-1-3-6-10/h1-9H. The van der Waals surface area contributed by atoms with Crippen LogP contribution >= 0.6 is 0 Å². The molecule has 74 valence electrons. The summed E-state index contributed by atoms with van der Waals surface area (Å²) in [5.41, 5.74) is 0.748. The molecule has 3 heteroatoms. The Bertz CT molecular complexity index is 458. The zero-order valence-corrected chi connectivity index (χ0v) is 7.96. The zero-order chi connectivity index (χ0) is 10.5. The lowest BCUT2D eigenvalue weighted by atomic mass is 10.3. The first-order chi connectivity index (χ1) is 7.36. The molecule has 3 nitrogen and oxygen atoms in total. The van der Waals surface area contributed by atoms with Gasteiger partial charge in [0.25, 0.3) is 0 Å². The molecule has 2 aromatic rings. The monoisotopic (exact) mass is 199 g/mol. The number of hydrogen-bond acceptors (Lipinski definition) is 3. The Hall–Kier alpha value is -2.16. The highest BCUT2D eigenvalue weighted by molar-refractivity contribution is 6.34. The van der Waals surface area contributed by atoms with Gasteiger partial charge in [0.05, 0.1) is 18.2 Å². The molecule has 0 saturated carbocycles. The number of furan rings is 1. The topological polar surface area (TPSA) is 42.6 Å². The summed E-state index contributed by atoms with van der Waals surface area (Å²) in [6.07, 6.45) is 2.72.